The Kier molecular flexibility index (Phi) is 5.54. The Morgan fingerprint density at radius 2 is 1.95 bits per heavy atom. The first-order valence-electron chi connectivity index (χ1n) is 6.00. The van der Waals surface area contributed by atoms with Crippen LogP contribution in [0.5, 0.6) is 0 Å². The second-order valence-corrected chi connectivity index (χ2v) is 6.07. The summed E-state index contributed by atoms with van der Waals surface area (Å²) in [5.74, 6) is 0. The molecule has 0 aromatic heterocycles. The van der Waals surface area contributed by atoms with E-state index in [2.05, 4.69) is 21.2 Å². The van der Waals surface area contributed by atoms with Gasteiger partial charge < -0.3 is 14.8 Å². The highest BCUT2D eigenvalue weighted by Crippen LogP contribution is 2.19. The summed E-state index contributed by atoms with van der Waals surface area (Å²) in [6, 6.07) is 7.07. The van der Waals surface area contributed by atoms with Gasteiger partial charge in [0.05, 0.1) is 6.04 Å². The lowest BCUT2D eigenvalue weighted by Crippen LogP contribution is -2.35. The predicted octanol–water partition coefficient (Wildman–Crippen LogP) is 3.60. The molecule has 1 N–H and O–H groups in total. The number of benzene rings is 1. The molecule has 1 atom stereocenters. The third-order valence-electron chi connectivity index (χ3n) is 2.30. The quantitative estimate of drug-likeness (QED) is 0.859. The van der Waals surface area contributed by atoms with Crippen LogP contribution in [0.15, 0.2) is 28.7 Å². The standard InChI is InChI=1S/C14H18BrNO3/c1-14(2,3)19-13(18)16-12(8-9-17)10-4-6-11(15)7-5-10/h4-7,9,12H,8H2,1-3H3,(H,16,18)/t12-/m1/s1. The highest BCUT2D eigenvalue weighted by atomic mass is 79.9. The van der Waals surface area contributed by atoms with Crippen molar-refractivity contribution in [2.75, 3.05) is 0 Å². The van der Waals surface area contributed by atoms with Crippen LogP contribution in [0, 0.1) is 0 Å². The first-order valence-corrected chi connectivity index (χ1v) is 6.80. The Morgan fingerprint density at radius 3 is 2.42 bits per heavy atom. The van der Waals surface area contributed by atoms with Gasteiger partial charge in [0.1, 0.15) is 11.9 Å². The summed E-state index contributed by atoms with van der Waals surface area (Å²) in [4.78, 5) is 22.4. The fraction of sp³-hybridized carbons (Fsp3) is 0.429. The maximum Gasteiger partial charge on any atom is 0.408 e. The lowest BCUT2D eigenvalue weighted by Gasteiger charge is -2.23. The van der Waals surface area contributed by atoms with Gasteiger partial charge in [0.2, 0.25) is 0 Å². The number of hydrogen-bond donors (Lipinski definition) is 1. The summed E-state index contributed by atoms with van der Waals surface area (Å²) in [5.41, 5.74) is 0.302. The maximum atomic E-state index is 11.7. The zero-order valence-electron chi connectivity index (χ0n) is 11.3. The van der Waals surface area contributed by atoms with Crippen molar-refractivity contribution < 1.29 is 14.3 Å². The topological polar surface area (TPSA) is 55.4 Å². The molecule has 0 aliphatic rings. The smallest absolute Gasteiger partial charge is 0.408 e. The van der Waals surface area contributed by atoms with Crippen molar-refractivity contribution in [1.29, 1.82) is 0 Å². The summed E-state index contributed by atoms with van der Waals surface area (Å²) >= 11 is 3.34. The summed E-state index contributed by atoms with van der Waals surface area (Å²) in [6.07, 6.45) is 0.465. The molecule has 1 rings (SSSR count). The van der Waals surface area contributed by atoms with E-state index in [9.17, 15) is 9.59 Å². The SMILES string of the molecule is CC(C)(C)OC(=O)N[C@H](CC=O)c1ccc(Br)cc1. The zero-order chi connectivity index (χ0) is 14.5. The molecular weight excluding hydrogens is 310 g/mol. The molecule has 0 spiro atoms. The maximum absolute atomic E-state index is 11.7. The van der Waals surface area contributed by atoms with Crippen LogP contribution in [-0.2, 0) is 9.53 Å². The summed E-state index contributed by atoms with van der Waals surface area (Å²) in [5, 5.41) is 2.70. The lowest BCUT2D eigenvalue weighted by atomic mass is 10.0. The number of nitrogens with one attached hydrogen (secondary N) is 1. The molecule has 0 unspecified atom stereocenters. The number of amides is 1. The molecule has 0 aliphatic carbocycles. The van der Waals surface area contributed by atoms with E-state index in [1.807, 2.05) is 24.3 Å². The molecule has 5 heteroatoms. The van der Waals surface area contributed by atoms with Crippen molar-refractivity contribution >= 4 is 28.3 Å². The molecule has 0 saturated carbocycles. The van der Waals surface area contributed by atoms with Gasteiger partial charge in [0.25, 0.3) is 0 Å². The summed E-state index contributed by atoms with van der Waals surface area (Å²) < 4.78 is 6.13. The minimum atomic E-state index is -0.560. The van der Waals surface area contributed by atoms with Gasteiger partial charge in [0, 0.05) is 10.9 Å². The average Bonchev–Trinajstić information content (AvgIpc) is 2.27. The number of ether oxygens (including phenoxy) is 1. The fourth-order valence-corrected chi connectivity index (χ4v) is 1.78. The van der Waals surface area contributed by atoms with Crippen molar-refractivity contribution in [3.63, 3.8) is 0 Å². The first kappa shape index (κ1) is 15.7. The van der Waals surface area contributed by atoms with Crippen LogP contribution >= 0.6 is 15.9 Å². The Bertz CT molecular complexity index is 437. The highest BCUT2D eigenvalue weighted by Gasteiger charge is 2.20. The summed E-state index contributed by atoms with van der Waals surface area (Å²) in [6.45, 7) is 5.38. The molecule has 0 fully saturated rings. The van der Waals surface area contributed by atoms with Gasteiger partial charge in [-0.1, -0.05) is 28.1 Å². The second kappa shape index (κ2) is 6.70. The number of hydrogen-bond acceptors (Lipinski definition) is 3. The van der Waals surface area contributed by atoms with Crippen LogP contribution < -0.4 is 5.32 Å². The molecule has 4 nitrogen and oxygen atoms in total. The Labute approximate surface area is 121 Å². The fourth-order valence-electron chi connectivity index (χ4n) is 1.52. The van der Waals surface area contributed by atoms with E-state index in [1.165, 1.54) is 0 Å². The zero-order valence-corrected chi connectivity index (χ0v) is 12.9. The van der Waals surface area contributed by atoms with E-state index >= 15 is 0 Å². The van der Waals surface area contributed by atoms with Crippen LogP contribution in [-0.4, -0.2) is 18.0 Å². The Balaban J connectivity index is 2.75. The molecule has 0 aliphatic heterocycles. The van der Waals surface area contributed by atoms with E-state index in [4.69, 9.17) is 4.74 Å². The van der Waals surface area contributed by atoms with Gasteiger partial charge in [-0.25, -0.2) is 4.79 Å². The van der Waals surface area contributed by atoms with Crippen molar-refractivity contribution in [1.82, 2.24) is 5.32 Å². The van der Waals surface area contributed by atoms with Crippen LogP contribution in [0.1, 0.15) is 38.8 Å². The van der Waals surface area contributed by atoms with E-state index in [-0.39, 0.29) is 12.5 Å². The molecule has 0 bridgehead atoms. The minimum Gasteiger partial charge on any atom is -0.444 e. The Hall–Kier alpha value is -1.36. The van der Waals surface area contributed by atoms with Crippen molar-refractivity contribution in [3.05, 3.63) is 34.3 Å². The van der Waals surface area contributed by atoms with E-state index < -0.39 is 11.7 Å². The van der Waals surface area contributed by atoms with Crippen molar-refractivity contribution in [2.24, 2.45) is 0 Å². The van der Waals surface area contributed by atoms with Gasteiger partial charge in [0.15, 0.2) is 0 Å². The van der Waals surface area contributed by atoms with Gasteiger partial charge in [-0.2, -0.15) is 0 Å². The molecule has 1 aromatic rings. The molecule has 0 saturated heterocycles. The van der Waals surface area contributed by atoms with Crippen molar-refractivity contribution in [2.45, 2.75) is 38.8 Å². The monoisotopic (exact) mass is 327 g/mol. The molecule has 104 valence electrons. The van der Waals surface area contributed by atoms with Crippen LogP contribution in [0.2, 0.25) is 0 Å². The molecule has 1 amide bonds. The third-order valence-corrected chi connectivity index (χ3v) is 2.82. The molecule has 1 aromatic carbocycles. The number of carbonyl (C=O) groups is 2. The predicted molar refractivity (Wildman–Crippen MR) is 76.9 cm³/mol. The van der Waals surface area contributed by atoms with Crippen molar-refractivity contribution in [3.8, 4) is 0 Å². The van der Waals surface area contributed by atoms with E-state index in [0.717, 1.165) is 16.3 Å². The largest absolute Gasteiger partial charge is 0.444 e. The summed E-state index contributed by atoms with van der Waals surface area (Å²) in [7, 11) is 0. The number of carbonyl (C=O) groups excluding carboxylic acids is 2. The van der Waals surface area contributed by atoms with Gasteiger partial charge in [-0.3, -0.25) is 0 Å². The molecule has 0 radical (unpaired) electrons. The third kappa shape index (κ3) is 5.87. The van der Waals surface area contributed by atoms with Gasteiger partial charge in [-0.15, -0.1) is 0 Å². The van der Waals surface area contributed by atoms with E-state index in [1.54, 1.807) is 20.8 Å². The number of aldehydes is 1. The van der Waals surface area contributed by atoms with Gasteiger partial charge in [-0.05, 0) is 38.5 Å². The average molecular weight is 328 g/mol. The Morgan fingerprint density at radius 1 is 1.37 bits per heavy atom. The molecular formula is C14H18BrNO3. The number of halogens is 1. The van der Waals surface area contributed by atoms with Crippen LogP contribution in [0.25, 0.3) is 0 Å². The second-order valence-electron chi connectivity index (χ2n) is 5.15. The number of rotatable bonds is 4. The van der Waals surface area contributed by atoms with Crippen LogP contribution in [0.4, 0.5) is 4.79 Å². The number of alkyl carbamates (subject to hydrolysis) is 1. The lowest BCUT2D eigenvalue weighted by molar-refractivity contribution is -0.108. The minimum absolute atomic E-state index is 0.209. The van der Waals surface area contributed by atoms with Crippen LogP contribution in [0.3, 0.4) is 0 Å². The highest BCUT2D eigenvalue weighted by molar-refractivity contribution is 9.10. The molecule has 19 heavy (non-hydrogen) atoms. The molecule has 0 heterocycles. The normalized spacial score (nSPS) is 12.6. The first-order chi connectivity index (χ1) is 8.81. The van der Waals surface area contributed by atoms with E-state index in [0.29, 0.717) is 0 Å². The van der Waals surface area contributed by atoms with Gasteiger partial charge >= 0.3 is 6.09 Å².